The SMILES string of the molecule is CCOc1ccc(/C(O)=C2\C(=O)C(=O)N(Cc3cccs3)C2c2cc(Br)ccc2F)cc1. The van der Waals surface area contributed by atoms with Gasteiger partial charge in [-0.05, 0) is 60.8 Å². The summed E-state index contributed by atoms with van der Waals surface area (Å²) in [5.41, 5.74) is 0.318. The molecule has 1 amide bonds. The lowest BCUT2D eigenvalue weighted by Crippen LogP contribution is -2.29. The van der Waals surface area contributed by atoms with E-state index < -0.39 is 23.5 Å². The number of aliphatic hydroxyl groups is 1. The summed E-state index contributed by atoms with van der Waals surface area (Å²) in [4.78, 5) is 28.2. The molecule has 2 aromatic carbocycles. The van der Waals surface area contributed by atoms with Crippen molar-refractivity contribution in [2.75, 3.05) is 6.61 Å². The molecular formula is C24H19BrFNO4S. The number of ketones is 1. The van der Waals surface area contributed by atoms with Crippen LogP contribution in [0.15, 0.2) is 70.0 Å². The number of carbonyl (C=O) groups excluding carboxylic acids is 2. The molecule has 1 N–H and O–H groups in total. The van der Waals surface area contributed by atoms with Crippen molar-refractivity contribution in [3.63, 3.8) is 0 Å². The van der Waals surface area contributed by atoms with Crippen LogP contribution in [0.4, 0.5) is 4.39 Å². The maximum Gasteiger partial charge on any atom is 0.295 e. The summed E-state index contributed by atoms with van der Waals surface area (Å²) in [6.07, 6.45) is 0. The van der Waals surface area contributed by atoms with Crippen molar-refractivity contribution in [2.24, 2.45) is 0 Å². The molecule has 2 heterocycles. The van der Waals surface area contributed by atoms with Crippen LogP contribution in [-0.2, 0) is 16.1 Å². The second-order valence-corrected chi connectivity index (χ2v) is 9.08. The van der Waals surface area contributed by atoms with Crippen LogP contribution < -0.4 is 4.74 Å². The monoisotopic (exact) mass is 515 g/mol. The van der Waals surface area contributed by atoms with E-state index in [2.05, 4.69) is 15.9 Å². The first kappa shape index (κ1) is 22.2. The molecule has 0 saturated carbocycles. The third-order valence-corrected chi connectivity index (χ3v) is 6.49. The maximum atomic E-state index is 14.9. The average molecular weight is 516 g/mol. The predicted molar refractivity (Wildman–Crippen MR) is 124 cm³/mol. The highest BCUT2D eigenvalue weighted by Crippen LogP contribution is 2.42. The zero-order valence-electron chi connectivity index (χ0n) is 17.0. The largest absolute Gasteiger partial charge is 0.507 e. The number of likely N-dealkylation sites (tertiary alicyclic amines) is 1. The van der Waals surface area contributed by atoms with Gasteiger partial charge in [0.15, 0.2) is 0 Å². The van der Waals surface area contributed by atoms with Crippen molar-refractivity contribution in [3.8, 4) is 5.75 Å². The minimum absolute atomic E-state index is 0.124. The molecule has 1 aromatic heterocycles. The van der Waals surface area contributed by atoms with Gasteiger partial charge in [0.05, 0.1) is 24.8 Å². The first-order chi connectivity index (χ1) is 15.4. The molecule has 0 radical (unpaired) electrons. The molecule has 0 aliphatic carbocycles. The van der Waals surface area contributed by atoms with Gasteiger partial charge in [-0.3, -0.25) is 9.59 Å². The summed E-state index contributed by atoms with van der Waals surface area (Å²) in [5, 5.41) is 12.9. The molecule has 32 heavy (non-hydrogen) atoms. The highest BCUT2D eigenvalue weighted by Gasteiger charge is 2.47. The second kappa shape index (κ2) is 9.26. The first-order valence-electron chi connectivity index (χ1n) is 9.89. The summed E-state index contributed by atoms with van der Waals surface area (Å²) in [7, 11) is 0. The zero-order chi connectivity index (χ0) is 22.8. The molecule has 164 valence electrons. The number of Topliss-reactive ketones (excluding diaryl/α,β-unsaturated/α-hetero) is 1. The van der Waals surface area contributed by atoms with E-state index in [1.54, 1.807) is 24.3 Å². The number of benzene rings is 2. The summed E-state index contributed by atoms with van der Waals surface area (Å²) in [6, 6.07) is 13.5. The van der Waals surface area contributed by atoms with Crippen molar-refractivity contribution < 1.29 is 23.8 Å². The van der Waals surface area contributed by atoms with Gasteiger partial charge in [0.1, 0.15) is 17.3 Å². The van der Waals surface area contributed by atoms with Crippen LogP contribution in [-0.4, -0.2) is 28.3 Å². The Kier molecular flexibility index (Phi) is 6.43. The van der Waals surface area contributed by atoms with Crippen LogP contribution in [0.3, 0.4) is 0 Å². The Balaban J connectivity index is 1.86. The molecule has 1 unspecified atom stereocenters. The van der Waals surface area contributed by atoms with Crippen molar-refractivity contribution in [2.45, 2.75) is 19.5 Å². The number of amides is 1. The van der Waals surface area contributed by atoms with Crippen LogP contribution in [0.1, 0.15) is 29.0 Å². The molecule has 3 aromatic rings. The number of nitrogens with zero attached hydrogens (tertiary/aromatic N) is 1. The average Bonchev–Trinajstić information content (AvgIpc) is 3.38. The number of thiophene rings is 1. The van der Waals surface area contributed by atoms with Crippen LogP contribution in [0.2, 0.25) is 0 Å². The molecule has 8 heteroatoms. The first-order valence-corrected chi connectivity index (χ1v) is 11.6. The molecule has 1 aliphatic rings. The predicted octanol–water partition coefficient (Wildman–Crippen LogP) is 5.67. The Morgan fingerprint density at radius 1 is 1.19 bits per heavy atom. The van der Waals surface area contributed by atoms with Crippen molar-refractivity contribution in [1.82, 2.24) is 4.90 Å². The fourth-order valence-electron chi connectivity index (χ4n) is 3.69. The van der Waals surface area contributed by atoms with Gasteiger partial charge < -0.3 is 14.7 Å². The quantitative estimate of drug-likeness (QED) is 0.261. The number of halogens is 2. The van der Waals surface area contributed by atoms with Crippen LogP contribution in [0.5, 0.6) is 5.75 Å². The van der Waals surface area contributed by atoms with E-state index >= 15 is 0 Å². The fraction of sp³-hybridized carbons (Fsp3) is 0.167. The lowest BCUT2D eigenvalue weighted by Gasteiger charge is -2.25. The van der Waals surface area contributed by atoms with Crippen molar-refractivity contribution in [3.05, 3.63) is 91.8 Å². The minimum Gasteiger partial charge on any atom is -0.507 e. The maximum absolute atomic E-state index is 14.9. The molecule has 0 bridgehead atoms. The molecule has 4 rings (SSSR count). The van der Waals surface area contributed by atoms with Crippen LogP contribution in [0.25, 0.3) is 5.76 Å². The molecule has 1 aliphatic heterocycles. The highest BCUT2D eigenvalue weighted by molar-refractivity contribution is 9.10. The Morgan fingerprint density at radius 3 is 2.59 bits per heavy atom. The summed E-state index contributed by atoms with van der Waals surface area (Å²) in [6.45, 7) is 2.47. The van der Waals surface area contributed by atoms with Gasteiger partial charge in [-0.15, -0.1) is 11.3 Å². The summed E-state index contributed by atoms with van der Waals surface area (Å²) >= 11 is 4.76. The van der Waals surface area contributed by atoms with Gasteiger partial charge in [-0.25, -0.2) is 4.39 Å². The van der Waals surface area contributed by atoms with Crippen molar-refractivity contribution in [1.29, 1.82) is 0 Å². The number of aliphatic hydroxyl groups excluding tert-OH is 1. The van der Waals surface area contributed by atoms with E-state index in [9.17, 15) is 19.1 Å². The molecule has 1 fully saturated rings. The third kappa shape index (κ3) is 4.20. The normalized spacial score (nSPS) is 17.7. The van der Waals surface area contributed by atoms with E-state index in [-0.39, 0.29) is 23.4 Å². The molecule has 5 nitrogen and oxygen atoms in total. The molecule has 0 spiro atoms. The zero-order valence-corrected chi connectivity index (χ0v) is 19.5. The number of hydrogen-bond acceptors (Lipinski definition) is 5. The topological polar surface area (TPSA) is 66.8 Å². The van der Waals surface area contributed by atoms with E-state index in [1.165, 1.54) is 34.4 Å². The van der Waals surface area contributed by atoms with E-state index in [0.29, 0.717) is 22.4 Å². The molecule has 1 atom stereocenters. The molecule has 1 saturated heterocycles. The lowest BCUT2D eigenvalue weighted by molar-refractivity contribution is -0.140. The Labute approximate surface area is 196 Å². The Hall–Kier alpha value is -2.97. The number of carbonyl (C=O) groups is 2. The van der Waals surface area contributed by atoms with Gasteiger partial charge in [0.2, 0.25) is 0 Å². The second-order valence-electron chi connectivity index (χ2n) is 7.13. The fourth-order valence-corrected chi connectivity index (χ4v) is 4.77. The van der Waals surface area contributed by atoms with Crippen molar-refractivity contribution >= 4 is 44.7 Å². The van der Waals surface area contributed by atoms with Gasteiger partial charge in [-0.2, -0.15) is 0 Å². The van der Waals surface area contributed by atoms with Crippen LogP contribution in [0, 0.1) is 5.82 Å². The van der Waals surface area contributed by atoms with Gasteiger partial charge >= 0.3 is 0 Å². The van der Waals surface area contributed by atoms with Gasteiger partial charge in [0.25, 0.3) is 11.7 Å². The summed E-state index contributed by atoms with van der Waals surface area (Å²) < 4.78 is 20.9. The van der Waals surface area contributed by atoms with Gasteiger partial charge in [-0.1, -0.05) is 22.0 Å². The highest BCUT2D eigenvalue weighted by atomic mass is 79.9. The van der Waals surface area contributed by atoms with Gasteiger partial charge in [0, 0.05) is 20.5 Å². The lowest BCUT2D eigenvalue weighted by atomic mass is 9.95. The van der Waals surface area contributed by atoms with Crippen LogP contribution >= 0.6 is 27.3 Å². The minimum atomic E-state index is -1.07. The van der Waals surface area contributed by atoms with E-state index in [1.807, 2.05) is 24.4 Å². The third-order valence-electron chi connectivity index (χ3n) is 5.14. The number of ether oxygens (including phenoxy) is 1. The smallest absolute Gasteiger partial charge is 0.295 e. The summed E-state index contributed by atoms with van der Waals surface area (Å²) in [5.74, 6) is -1.96. The Morgan fingerprint density at radius 2 is 1.94 bits per heavy atom. The standard InChI is InChI=1S/C24H19BrFNO4S/c1-2-31-16-8-5-14(6-9-16)22(28)20-21(18-12-15(25)7-10-19(18)26)27(24(30)23(20)29)13-17-4-3-11-32-17/h3-12,21,28H,2,13H2,1H3/b22-20+. The Bertz CT molecular complexity index is 1190. The molecular weight excluding hydrogens is 497 g/mol. The van der Waals surface area contributed by atoms with E-state index in [4.69, 9.17) is 4.74 Å². The number of hydrogen-bond donors (Lipinski definition) is 1. The number of rotatable bonds is 6. The van der Waals surface area contributed by atoms with E-state index in [0.717, 1.165) is 4.88 Å².